The van der Waals surface area contributed by atoms with Gasteiger partial charge in [0, 0.05) is 37.3 Å². The van der Waals surface area contributed by atoms with Crippen LogP contribution in [0.25, 0.3) is 0 Å². The molecule has 140 valence electrons. The number of aliphatic carboxylic acids is 1. The Bertz CT molecular complexity index is 924. The predicted molar refractivity (Wildman–Crippen MR) is 98.5 cm³/mol. The van der Waals surface area contributed by atoms with Crippen molar-refractivity contribution < 1.29 is 14.7 Å². The highest BCUT2D eigenvalue weighted by Crippen LogP contribution is 2.35. The van der Waals surface area contributed by atoms with Gasteiger partial charge in [-0.1, -0.05) is 36.4 Å². The summed E-state index contributed by atoms with van der Waals surface area (Å²) in [6, 6.07) is 12.5. The molecule has 1 fully saturated rings. The van der Waals surface area contributed by atoms with Crippen molar-refractivity contribution in [3.8, 4) is 0 Å². The zero-order valence-electron chi connectivity index (χ0n) is 14.7. The van der Waals surface area contributed by atoms with Crippen LogP contribution in [0, 0.1) is 5.92 Å². The van der Waals surface area contributed by atoms with Gasteiger partial charge in [0.2, 0.25) is 0 Å². The Balaban J connectivity index is 1.52. The molecule has 7 heteroatoms. The molecule has 4 rings (SSSR count). The molecule has 2 amide bonds. The summed E-state index contributed by atoms with van der Waals surface area (Å²) in [7, 11) is 0. The largest absolute Gasteiger partial charge is 0.479 e. The molecule has 2 N–H and O–H groups in total. The quantitative estimate of drug-likeness (QED) is 0.865. The van der Waals surface area contributed by atoms with Gasteiger partial charge in [0.25, 0.3) is 5.56 Å². The summed E-state index contributed by atoms with van der Waals surface area (Å²) < 4.78 is 1.80. The van der Waals surface area contributed by atoms with Gasteiger partial charge in [0.05, 0.1) is 0 Å². The van der Waals surface area contributed by atoms with E-state index in [4.69, 9.17) is 0 Å². The fourth-order valence-corrected chi connectivity index (χ4v) is 4.21. The van der Waals surface area contributed by atoms with E-state index in [1.54, 1.807) is 51.9 Å². The fraction of sp³-hybridized carbons (Fsp3) is 0.350. The van der Waals surface area contributed by atoms with Gasteiger partial charge < -0.3 is 19.9 Å². The van der Waals surface area contributed by atoms with E-state index in [0.29, 0.717) is 25.2 Å². The van der Waals surface area contributed by atoms with Crippen molar-refractivity contribution in [2.45, 2.75) is 24.9 Å². The monoisotopic (exact) mass is 367 g/mol. The topological polar surface area (TPSA) is 91.6 Å². The first-order valence-electron chi connectivity index (χ1n) is 9.06. The standard InChI is InChI=1S/C20H21N3O4/c24-17-8-4-7-16-15-9-13(11-23(16)17)10-22(12-15)20(27)21-18(19(25)26)14-5-2-1-3-6-14/h1-8,13,15,18H,9-12H2,(H,21,27)(H,25,26)/t13?,15?,18-/m0/s1. The van der Waals surface area contributed by atoms with Crippen molar-refractivity contribution in [1.29, 1.82) is 0 Å². The van der Waals surface area contributed by atoms with Crippen molar-refractivity contribution >= 4 is 12.0 Å². The molecule has 2 aromatic rings. The Labute approximate surface area is 156 Å². The maximum Gasteiger partial charge on any atom is 0.330 e. The lowest BCUT2D eigenvalue weighted by molar-refractivity contribution is -0.139. The highest BCUT2D eigenvalue weighted by Gasteiger charge is 2.37. The first-order valence-corrected chi connectivity index (χ1v) is 9.06. The van der Waals surface area contributed by atoms with Crippen molar-refractivity contribution in [1.82, 2.24) is 14.8 Å². The predicted octanol–water partition coefficient (Wildman–Crippen LogP) is 1.80. The SMILES string of the molecule is O=C(O)[C@@H](NC(=O)N1CC2CC(C1)c1cccc(=O)n1C2)c1ccccc1. The lowest BCUT2D eigenvalue weighted by Crippen LogP contribution is -2.52. The van der Waals surface area contributed by atoms with Gasteiger partial charge in [0.1, 0.15) is 0 Å². The van der Waals surface area contributed by atoms with Crippen LogP contribution in [-0.2, 0) is 11.3 Å². The minimum atomic E-state index is -1.09. The number of carbonyl (C=O) groups is 2. The third-order valence-electron chi connectivity index (χ3n) is 5.41. The van der Waals surface area contributed by atoms with Gasteiger partial charge in [-0.2, -0.15) is 0 Å². The van der Waals surface area contributed by atoms with E-state index < -0.39 is 12.0 Å². The number of benzene rings is 1. The number of carboxylic acid groups (broad SMARTS) is 1. The lowest BCUT2D eigenvalue weighted by Gasteiger charge is -2.42. The summed E-state index contributed by atoms with van der Waals surface area (Å²) in [5, 5.41) is 12.2. The molecule has 0 saturated carbocycles. The number of hydrogen-bond donors (Lipinski definition) is 2. The number of nitrogens with zero attached hydrogens (tertiary/aromatic N) is 2. The average Bonchev–Trinajstić information content (AvgIpc) is 2.67. The fourth-order valence-electron chi connectivity index (χ4n) is 4.21. The summed E-state index contributed by atoms with van der Waals surface area (Å²) >= 11 is 0. The zero-order valence-corrected chi connectivity index (χ0v) is 14.7. The second-order valence-electron chi connectivity index (χ2n) is 7.23. The molecule has 3 atom stereocenters. The number of carbonyl (C=O) groups excluding carboxylic acids is 1. The number of fused-ring (bicyclic) bond motifs is 4. The van der Waals surface area contributed by atoms with Gasteiger partial charge >= 0.3 is 12.0 Å². The lowest BCUT2D eigenvalue weighted by atomic mass is 9.83. The third kappa shape index (κ3) is 3.32. The number of piperidine rings is 1. The number of likely N-dealkylation sites (tertiary alicyclic amines) is 1. The van der Waals surface area contributed by atoms with Crippen molar-refractivity contribution in [2.75, 3.05) is 13.1 Å². The Morgan fingerprint density at radius 2 is 1.81 bits per heavy atom. The van der Waals surface area contributed by atoms with Crippen LogP contribution < -0.4 is 10.9 Å². The van der Waals surface area contributed by atoms with E-state index >= 15 is 0 Å². The maximum atomic E-state index is 12.8. The number of amides is 2. The Morgan fingerprint density at radius 1 is 1.04 bits per heavy atom. The molecule has 0 radical (unpaired) electrons. The summed E-state index contributed by atoms with van der Waals surface area (Å²) in [4.78, 5) is 38.2. The number of rotatable bonds is 3. The van der Waals surface area contributed by atoms with Crippen LogP contribution in [0.1, 0.15) is 29.6 Å². The number of aromatic nitrogens is 1. The van der Waals surface area contributed by atoms with Crippen molar-refractivity contribution in [3.05, 3.63) is 70.1 Å². The van der Waals surface area contributed by atoms with Crippen LogP contribution in [0.4, 0.5) is 4.79 Å². The van der Waals surface area contributed by atoms with Gasteiger partial charge in [-0.3, -0.25) is 4.79 Å². The second kappa shape index (κ2) is 6.90. The van der Waals surface area contributed by atoms with Gasteiger partial charge in [-0.25, -0.2) is 9.59 Å². The van der Waals surface area contributed by atoms with Crippen LogP contribution in [-0.4, -0.2) is 39.7 Å². The number of hydrogen-bond acceptors (Lipinski definition) is 3. The molecule has 7 nitrogen and oxygen atoms in total. The summed E-state index contributed by atoms with van der Waals surface area (Å²) in [5.74, 6) is -0.803. The molecular weight excluding hydrogens is 346 g/mol. The molecule has 2 aliphatic rings. The zero-order chi connectivity index (χ0) is 19.0. The number of pyridine rings is 1. The molecule has 3 heterocycles. The summed E-state index contributed by atoms with van der Waals surface area (Å²) in [6.45, 7) is 1.59. The molecule has 1 saturated heterocycles. The average molecular weight is 367 g/mol. The molecule has 2 aliphatic heterocycles. The van der Waals surface area contributed by atoms with E-state index in [9.17, 15) is 19.5 Å². The molecule has 27 heavy (non-hydrogen) atoms. The van der Waals surface area contributed by atoms with E-state index in [1.165, 1.54) is 0 Å². The van der Waals surface area contributed by atoms with E-state index in [2.05, 4.69) is 5.32 Å². The van der Waals surface area contributed by atoms with E-state index in [0.717, 1.165) is 12.1 Å². The summed E-state index contributed by atoms with van der Waals surface area (Å²) in [6.07, 6.45) is 0.939. The second-order valence-corrected chi connectivity index (χ2v) is 7.23. The third-order valence-corrected chi connectivity index (χ3v) is 5.41. The van der Waals surface area contributed by atoms with Gasteiger partial charge in [0.15, 0.2) is 6.04 Å². The Kier molecular flexibility index (Phi) is 4.43. The molecular formula is C20H21N3O4. The molecule has 2 unspecified atom stereocenters. The van der Waals surface area contributed by atoms with Gasteiger partial charge in [-0.05, 0) is 24.0 Å². The van der Waals surface area contributed by atoms with Crippen molar-refractivity contribution in [2.24, 2.45) is 5.92 Å². The minimum absolute atomic E-state index is 0.00452. The van der Waals surface area contributed by atoms with Crippen LogP contribution in [0.5, 0.6) is 0 Å². The van der Waals surface area contributed by atoms with E-state index in [-0.39, 0.29) is 23.4 Å². The Hall–Kier alpha value is -3.09. The van der Waals surface area contributed by atoms with Crippen LogP contribution in [0.2, 0.25) is 0 Å². The molecule has 0 spiro atoms. The molecule has 2 bridgehead atoms. The molecule has 1 aromatic carbocycles. The minimum Gasteiger partial charge on any atom is -0.479 e. The van der Waals surface area contributed by atoms with Crippen LogP contribution >= 0.6 is 0 Å². The number of urea groups is 1. The summed E-state index contributed by atoms with van der Waals surface area (Å²) in [5.41, 5.74) is 1.48. The molecule has 0 aliphatic carbocycles. The Morgan fingerprint density at radius 3 is 2.56 bits per heavy atom. The normalized spacial score (nSPS) is 21.9. The maximum absolute atomic E-state index is 12.8. The smallest absolute Gasteiger partial charge is 0.330 e. The highest BCUT2D eigenvalue weighted by molar-refractivity contribution is 5.83. The van der Waals surface area contributed by atoms with Crippen LogP contribution in [0.3, 0.4) is 0 Å². The van der Waals surface area contributed by atoms with Crippen LogP contribution in [0.15, 0.2) is 53.3 Å². The molecule has 1 aromatic heterocycles. The number of carboxylic acids is 1. The first kappa shape index (κ1) is 17.3. The van der Waals surface area contributed by atoms with E-state index in [1.807, 2.05) is 6.07 Å². The highest BCUT2D eigenvalue weighted by atomic mass is 16.4. The van der Waals surface area contributed by atoms with Crippen molar-refractivity contribution in [3.63, 3.8) is 0 Å². The number of nitrogens with one attached hydrogen (secondary N) is 1. The first-order chi connectivity index (χ1) is 13.0. The van der Waals surface area contributed by atoms with Gasteiger partial charge in [-0.15, -0.1) is 0 Å².